The van der Waals surface area contributed by atoms with Crippen molar-refractivity contribution in [3.63, 3.8) is 0 Å². The van der Waals surface area contributed by atoms with E-state index in [1.165, 1.54) is 11.3 Å². The van der Waals surface area contributed by atoms with E-state index in [1.54, 1.807) is 4.40 Å². The lowest BCUT2D eigenvalue weighted by Crippen LogP contribution is -2.22. The number of nitrogens with zero attached hydrogens (tertiary/aromatic N) is 2. The Morgan fingerprint density at radius 2 is 1.68 bits per heavy atom. The topological polar surface area (TPSA) is 43.6 Å². The second-order valence-corrected chi connectivity index (χ2v) is 7.46. The average molecular weight is 384 g/mol. The molecule has 3 aromatic carbocycles. The second kappa shape index (κ2) is 6.94. The predicted octanol–water partition coefficient (Wildman–Crippen LogP) is 4.04. The van der Waals surface area contributed by atoms with Crippen LogP contribution in [-0.4, -0.2) is 9.38 Å². The first kappa shape index (κ1) is 16.7. The van der Waals surface area contributed by atoms with Gasteiger partial charge in [-0.25, -0.2) is 9.38 Å². The third kappa shape index (κ3) is 2.96. The Bertz CT molecular complexity index is 1390. The summed E-state index contributed by atoms with van der Waals surface area (Å²) in [5.41, 5.74) is 3.61. The van der Waals surface area contributed by atoms with Crippen molar-refractivity contribution in [2.45, 2.75) is 6.61 Å². The summed E-state index contributed by atoms with van der Waals surface area (Å²) in [5, 5.41) is 0. The maximum Gasteiger partial charge on any atom is 0.274 e. The Kier molecular flexibility index (Phi) is 4.14. The molecule has 0 aliphatic heterocycles. The number of hydrogen-bond donors (Lipinski definition) is 0. The number of aromatic nitrogens is 2. The van der Waals surface area contributed by atoms with E-state index in [1.807, 2.05) is 84.9 Å². The first-order valence-electron chi connectivity index (χ1n) is 8.97. The maximum absolute atomic E-state index is 13.0. The number of imidazole rings is 1. The van der Waals surface area contributed by atoms with Crippen LogP contribution in [0.15, 0.2) is 83.7 Å². The first-order chi connectivity index (χ1) is 13.8. The van der Waals surface area contributed by atoms with E-state index in [0.717, 1.165) is 27.9 Å². The molecule has 136 valence electrons. The molecule has 0 radical (unpaired) electrons. The molecule has 0 bridgehead atoms. The number of benzene rings is 3. The van der Waals surface area contributed by atoms with Gasteiger partial charge >= 0.3 is 0 Å². The molecular formula is C23H16N2O2S. The van der Waals surface area contributed by atoms with Gasteiger partial charge in [-0.2, -0.15) is 0 Å². The molecule has 0 saturated heterocycles. The smallest absolute Gasteiger partial charge is 0.274 e. The summed E-state index contributed by atoms with van der Waals surface area (Å²) in [6.45, 7) is 0.480. The summed E-state index contributed by atoms with van der Waals surface area (Å²) in [7, 11) is 0. The third-order valence-corrected chi connectivity index (χ3v) is 5.56. The van der Waals surface area contributed by atoms with Crippen molar-refractivity contribution in [2.75, 3.05) is 0 Å². The first-order valence-corrected chi connectivity index (χ1v) is 9.79. The van der Waals surface area contributed by atoms with Crippen LogP contribution in [-0.2, 0) is 6.61 Å². The average Bonchev–Trinajstić information content (AvgIpc) is 3.24. The van der Waals surface area contributed by atoms with Crippen molar-refractivity contribution < 1.29 is 4.74 Å². The zero-order chi connectivity index (χ0) is 18.9. The summed E-state index contributed by atoms with van der Waals surface area (Å²) in [5.74, 6) is 0.752. The Morgan fingerprint density at radius 3 is 2.57 bits per heavy atom. The molecule has 0 aliphatic rings. The van der Waals surface area contributed by atoms with Gasteiger partial charge in [0.25, 0.3) is 5.56 Å². The number of fused-ring (bicyclic) bond motifs is 3. The SMILES string of the molecule is O=c1/c(=C\c2ccccc2OCc2ccccc2)sc2nc3ccccc3n12. The highest BCUT2D eigenvalue weighted by Crippen LogP contribution is 2.21. The normalized spacial score (nSPS) is 12.1. The number of para-hydroxylation sites is 3. The molecule has 0 aliphatic carbocycles. The summed E-state index contributed by atoms with van der Waals surface area (Å²) >= 11 is 1.40. The quantitative estimate of drug-likeness (QED) is 0.470. The van der Waals surface area contributed by atoms with E-state index < -0.39 is 0 Å². The van der Waals surface area contributed by atoms with E-state index in [4.69, 9.17) is 4.74 Å². The molecule has 0 saturated carbocycles. The van der Waals surface area contributed by atoms with Gasteiger partial charge in [0.15, 0.2) is 4.96 Å². The van der Waals surface area contributed by atoms with Crippen LogP contribution in [0.5, 0.6) is 5.75 Å². The molecule has 5 heteroatoms. The molecule has 2 heterocycles. The number of rotatable bonds is 4. The zero-order valence-electron chi connectivity index (χ0n) is 14.9. The molecule has 28 heavy (non-hydrogen) atoms. The summed E-state index contributed by atoms with van der Waals surface area (Å²) in [4.78, 5) is 18.2. The summed E-state index contributed by atoms with van der Waals surface area (Å²) < 4.78 is 8.33. The molecule has 0 amide bonds. The maximum atomic E-state index is 13.0. The fraction of sp³-hybridized carbons (Fsp3) is 0.0435. The monoisotopic (exact) mass is 384 g/mol. The minimum Gasteiger partial charge on any atom is -0.488 e. The van der Waals surface area contributed by atoms with E-state index >= 15 is 0 Å². The van der Waals surface area contributed by atoms with Crippen LogP contribution in [0.2, 0.25) is 0 Å². The van der Waals surface area contributed by atoms with Gasteiger partial charge in [-0.3, -0.25) is 4.79 Å². The van der Waals surface area contributed by atoms with Crippen molar-refractivity contribution in [2.24, 2.45) is 0 Å². The molecule has 0 N–H and O–H groups in total. The molecule has 0 spiro atoms. The van der Waals surface area contributed by atoms with Gasteiger partial charge in [0.2, 0.25) is 0 Å². The molecule has 0 atom stereocenters. The lowest BCUT2D eigenvalue weighted by atomic mass is 10.2. The van der Waals surface area contributed by atoms with Crippen LogP contribution in [0.4, 0.5) is 0 Å². The highest BCUT2D eigenvalue weighted by molar-refractivity contribution is 7.15. The van der Waals surface area contributed by atoms with E-state index in [2.05, 4.69) is 4.98 Å². The van der Waals surface area contributed by atoms with Gasteiger partial charge in [0.05, 0.1) is 15.6 Å². The Hall–Kier alpha value is -3.44. The minimum atomic E-state index is -0.0495. The molecule has 4 nitrogen and oxygen atoms in total. The van der Waals surface area contributed by atoms with Gasteiger partial charge in [-0.1, -0.05) is 72.0 Å². The van der Waals surface area contributed by atoms with Gasteiger partial charge in [-0.15, -0.1) is 0 Å². The lowest BCUT2D eigenvalue weighted by Gasteiger charge is -2.08. The lowest BCUT2D eigenvalue weighted by molar-refractivity contribution is 0.305. The van der Waals surface area contributed by atoms with Crippen LogP contribution in [0.1, 0.15) is 11.1 Å². The summed E-state index contributed by atoms with van der Waals surface area (Å²) in [6, 6.07) is 25.5. The van der Waals surface area contributed by atoms with Crippen LogP contribution in [0.3, 0.4) is 0 Å². The fourth-order valence-corrected chi connectivity index (χ4v) is 4.20. The molecule has 2 aromatic heterocycles. The van der Waals surface area contributed by atoms with Gasteiger partial charge in [0, 0.05) is 5.56 Å². The van der Waals surface area contributed by atoms with Crippen molar-refractivity contribution in [3.8, 4) is 5.75 Å². The highest BCUT2D eigenvalue weighted by atomic mass is 32.1. The molecule has 0 fully saturated rings. The van der Waals surface area contributed by atoms with Crippen LogP contribution in [0.25, 0.3) is 22.1 Å². The van der Waals surface area contributed by atoms with E-state index in [9.17, 15) is 4.79 Å². The minimum absolute atomic E-state index is 0.0495. The van der Waals surface area contributed by atoms with Crippen LogP contribution < -0.4 is 14.8 Å². The molecular weight excluding hydrogens is 368 g/mol. The zero-order valence-corrected chi connectivity index (χ0v) is 15.7. The number of thiazole rings is 1. The Balaban J connectivity index is 1.56. The van der Waals surface area contributed by atoms with Crippen molar-refractivity contribution in [1.29, 1.82) is 0 Å². The van der Waals surface area contributed by atoms with Gasteiger partial charge in [0.1, 0.15) is 12.4 Å². The van der Waals surface area contributed by atoms with E-state index in [-0.39, 0.29) is 5.56 Å². The van der Waals surface area contributed by atoms with Gasteiger partial charge in [-0.05, 0) is 29.8 Å². The van der Waals surface area contributed by atoms with E-state index in [0.29, 0.717) is 16.1 Å². The van der Waals surface area contributed by atoms with Crippen LogP contribution in [0, 0.1) is 0 Å². The standard InChI is InChI=1S/C23H16N2O2S/c26-22-21(28-23-24-18-11-5-6-12-19(18)25(22)23)14-17-10-4-7-13-20(17)27-15-16-8-2-1-3-9-16/h1-14H,15H2/b21-14+. The largest absolute Gasteiger partial charge is 0.488 e. The van der Waals surface area contributed by atoms with Crippen LogP contribution >= 0.6 is 11.3 Å². The predicted molar refractivity (Wildman–Crippen MR) is 113 cm³/mol. The van der Waals surface area contributed by atoms with Gasteiger partial charge < -0.3 is 4.74 Å². The van der Waals surface area contributed by atoms with Crippen molar-refractivity contribution >= 4 is 33.4 Å². The molecule has 5 aromatic rings. The molecule has 0 unspecified atom stereocenters. The fourth-order valence-electron chi connectivity index (χ4n) is 3.22. The van der Waals surface area contributed by atoms with Crippen molar-refractivity contribution in [1.82, 2.24) is 9.38 Å². The Labute approximate surface area is 165 Å². The Morgan fingerprint density at radius 1 is 0.929 bits per heavy atom. The second-order valence-electron chi connectivity index (χ2n) is 6.45. The summed E-state index contributed by atoms with van der Waals surface area (Å²) in [6.07, 6.45) is 1.89. The number of ether oxygens (including phenoxy) is 1. The van der Waals surface area contributed by atoms with Crippen molar-refractivity contribution in [3.05, 3.63) is 105 Å². The third-order valence-electron chi connectivity index (χ3n) is 4.59. The molecule has 5 rings (SSSR count). The number of hydrogen-bond acceptors (Lipinski definition) is 4. The highest BCUT2D eigenvalue weighted by Gasteiger charge is 2.11.